The number of carbonyl (C=O) groups excluding carboxylic acids is 1. The summed E-state index contributed by atoms with van der Waals surface area (Å²) in [5.41, 5.74) is 0.829. The Labute approximate surface area is 124 Å². The Morgan fingerprint density at radius 2 is 2.14 bits per heavy atom. The molecule has 0 bridgehead atoms. The Hall–Kier alpha value is -2.53. The highest BCUT2D eigenvalue weighted by Gasteiger charge is 2.14. The Morgan fingerprint density at radius 3 is 2.71 bits per heavy atom. The van der Waals surface area contributed by atoms with E-state index in [1.54, 1.807) is 26.8 Å². The van der Waals surface area contributed by atoms with Gasteiger partial charge < -0.3 is 4.57 Å². The fraction of sp³-hybridized carbons (Fsp3) is 0.308. The van der Waals surface area contributed by atoms with Gasteiger partial charge >= 0.3 is 0 Å². The molecule has 0 saturated carbocycles. The summed E-state index contributed by atoms with van der Waals surface area (Å²) in [6.45, 7) is 5.03. The second-order valence-electron chi connectivity index (χ2n) is 4.52. The number of rotatable bonds is 3. The molecule has 2 aromatic heterocycles. The fourth-order valence-electron chi connectivity index (χ4n) is 1.91. The Bertz CT molecular complexity index is 800. The first-order valence-electron chi connectivity index (χ1n) is 6.13. The number of nitrogens with zero attached hydrogens (tertiary/aromatic N) is 4. The maximum absolute atomic E-state index is 12.2. The number of nitrogens with one attached hydrogen (secondary N) is 1. The number of aryl methyl sites for hydroxylation is 3. The van der Waals surface area contributed by atoms with E-state index in [4.69, 9.17) is 5.26 Å². The molecule has 21 heavy (non-hydrogen) atoms. The zero-order chi connectivity index (χ0) is 15.6. The highest BCUT2D eigenvalue weighted by atomic mass is 32.1. The summed E-state index contributed by atoms with van der Waals surface area (Å²) in [5.74, 6) is -0.385. The maximum Gasteiger partial charge on any atom is 0.269 e. The first-order valence-corrected chi connectivity index (χ1v) is 6.95. The molecule has 2 heterocycles. The van der Waals surface area contributed by atoms with Crippen molar-refractivity contribution in [2.75, 3.05) is 5.32 Å². The third-order valence-electron chi connectivity index (χ3n) is 2.89. The number of hydrogen-bond donors (Lipinski definition) is 1. The molecule has 0 radical (unpaired) electrons. The minimum Gasteiger partial charge on any atom is -0.302 e. The van der Waals surface area contributed by atoms with Crippen LogP contribution >= 0.6 is 11.3 Å². The van der Waals surface area contributed by atoms with E-state index in [2.05, 4.69) is 15.5 Å². The summed E-state index contributed by atoms with van der Waals surface area (Å²) in [4.78, 5) is 24.1. The molecule has 8 heteroatoms. The largest absolute Gasteiger partial charge is 0.302 e. The Kier molecular flexibility index (Phi) is 4.14. The number of nitriles is 1. The lowest BCUT2D eigenvalue weighted by Gasteiger charge is -2.11. The van der Waals surface area contributed by atoms with E-state index < -0.39 is 5.56 Å². The average Bonchev–Trinajstić information content (AvgIpc) is 2.80. The van der Waals surface area contributed by atoms with Crippen molar-refractivity contribution in [2.24, 2.45) is 0 Å². The monoisotopic (exact) mass is 303 g/mol. The number of aromatic nitrogens is 3. The van der Waals surface area contributed by atoms with E-state index in [0.717, 1.165) is 5.01 Å². The van der Waals surface area contributed by atoms with Gasteiger partial charge in [0.2, 0.25) is 11.0 Å². The second kappa shape index (κ2) is 5.85. The van der Waals surface area contributed by atoms with Crippen LogP contribution in [0.1, 0.15) is 21.8 Å². The molecule has 1 amide bonds. The SMILES string of the molecule is Cc1nnc(NC(=O)Cn2c(C)cc(C)c(C#N)c2=O)s1. The topological polar surface area (TPSA) is 101 Å². The molecule has 7 nitrogen and oxygen atoms in total. The number of amides is 1. The van der Waals surface area contributed by atoms with Gasteiger partial charge in [-0.25, -0.2) is 0 Å². The summed E-state index contributed by atoms with van der Waals surface area (Å²) in [5, 5.41) is 20.3. The van der Waals surface area contributed by atoms with Crippen LogP contribution in [0.4, 0.5) is 5.13 Å². The van der Waals surface area contributed by atoms with Gasteiger partial charge in [0.1, 0.15) is 23.2 Å². The van der Waals surface area contributed by atoms with E-state index >= 15 is 0 Å². The Morgan fingerprint density at radius 1 is 1.43 bits per heavy atom. The predicted molar refractivity (Wildman–Crippen MR) is 78.2 cm³/mol. The molecule has 1 N–H and O–H groups in total. The van der Waals surface area contributed by atoms with E-state index in [0.29, 0.717) is 16.4 Å². The highest BCUT2D eigenvalue weighted by molar-refractivity contribution is 7.15. The van der Waals surface area contributed by atoms with Crippen LogP contribution in [0.3, 0.4) is 0 Å². The molecular formula is C13H13N5O2S. The molecule has 0 aliphatic carbocycles. The number of carbonyl (C=O) groups is 1. The van der Waals surface area contributed by atoms with E-state index in [1.807, 2.05) is 6.07 Å². The molecule has 0 aliphatic heterocycles. The minimum absolute atomic E-state index is 0.0557. The summed E-state index contributed by atoms with van der Waals surface area (Å²) < 4.78 is 1.27. The van der Waals surface area contributed by atoms with E-state index in [-0.39, 0.29) is 18.0 Å². The standard InChI is InChI=1S/C13H13N5O2S/c1-7-4-8(2)18(12(20)10(7)5-14)6-11(19)15-13-17-16-9(3)21-13/h4H,6H2,1-3H3,(H,15,17,19). The third kappa shape index (κ3) is 3.14. The van der Waals surface area contributed by atoms with E-state index in [9.17, 15) is 9.59 Å². The quantitative estimate of drug-likeness (QED) is 0.916. The fourth-order valence-corrected chi connectivity index (χ4v) is 2.52. The van der Waals surface area contributed by atoms with Gasteiger partial charge in [-0.3, -0.25) is 14.9 Å². The molecule has 0 aliphatic rings. The zero-order valence-electron chi connectivity index (χ0n) is 11.8. The van der Waals surface area contributed by atoms with Crippen molar-refractivity contribution in [3.8, 4) is 6.07 Å². The van der Waals surface area contributed by atoms with Crippen LogP contribution in [-0.2, 0) is 11.3 Å². The van der Waals surface area contributed by atoms with Gasteiger partial charge in [-0.2, -0.15) is 5.26 Å². The van der Waals surface area contributed by atoms with Crippen molar-refractivity contribution in [3.05, 3.63) is 38.2 Å². The van der Waals surface area contributed by atoms with Crippen molar-refractivity contribution < 1.29 is 4.79 Å². The van der Waals surface area contributed by atoms with Gasteiger partial charge in [0, 0.05) is 5.69 Å². The van der Waals surface area contributed by atoms with Gasteiger partial charge in [0.15, 0.2) is 0 Å². The van der Waals surface area contributed by atoms with Gasteiger partial charge in [-0.1, -0.05) is 11.3 Å². The molecule has 2 rings (SSSR count). The molecule has 0 saturated heterocycles. The number of pyridine rings is 1. The lowest BCUT2D eigenvalue weighted by molar-refractivity contribution is -0.116. The van der Waals surface area contributed by atoms with Crippen molar-refractivity contribution in [2.45, 2.75) is 27.3 Å². The van der Waals surface area contributed by atoms with Gasteiger partial charge in [-0.05, 0) is 32.4 Å². The molecule has 0 aromatic carbocycles. The number of anilines is 1. The van der Waals surface area contributed by atoms with Crippen molar-refractivity contribution in [1.82, 2.24) is 14.8 Å². The first kappa shape index (κ1) is 14.9. The van der Waals surface area contributed by atoms with Crippen molar-refractivity contribution in [1.29, 1.82) is 5.26 Å². The summed E-state index contributed by atoms with van der Waals surface area (Å²) in [7, 11) is 0. The van der Waals surface area contributed by atoms with Crippen LogP contribution in [0.5, 0.6) is 0 Å². The second-order valence-corrected chi connectivity index (χ2v) is 5.70. The van der Waals surface area contributed by atoms with Crippen LogP contribution in [0.2, 0.25) is 0 Å². The number of hydrogen-bond acceptors (Lipinski definition) is 6. The molecular weight excluding hydrogens is 290 g/mol. The van der Waals surface area contributed by atoms with Crippen LogP contribution < -0.4 is 10.9 Å². The zero-order valence-corrected chi connectivity index (χ0v) is 12.6. The molecule has 0 atom stereocenters. The van der Waals surface area contributed by atoms with Crippen molar-refractivity contribution >= 4 is 22.4 Å². The molecule has 2 aromatic rings. The van der Waals surface area contributed by atoms with Gasteiger partial charge in [0.05, 0.1) is 0 Å². The molecule has 108 valence electrons. The Balaban J connectivity index is 2.26. The third-order valence-corrected chi connectivity index (χ3v) is 3.64. The van der Waals surface area contributed by atoms with Gasteiger partial charge in [-0.15, -0.1) is 10.2 Å². The van der Waals surface area contributed by atoms with Crippen molar-refractivity contribution in [3.63, 3.8) is 0 Å². The van der Waals surface area contributed by atoms with Crippen LogP contribution in [0.25, 0.3) is 0 Å². The minimum atomic E-state index is -0.460. The van der Waals surface area contributed by atoms with Crippen LogP contribution in [-0.4, -0.2) is 20.7 Å². The summed E-state index contributed by atoms with van der Waals surface area (Å²) in [6.07, 6.45) is 0. The normalized spacial score (nSPS) is 10.2. The lowest BCUT2D eigenvalue weighted by Crippen LogP contribution is -2.31. The van der Waals surface area contributed by atoms with Crippen LogP contribution in [0.15, 0.2) is 10.9 Å². The molecule has 0 spiro atoms. The van der Waals surface area contributed by atoms with E-state index in [1.165, 1.54) is 15.9 Å². The maximum atomic E-state index is 12.2. The predicted octanol–water partition coefficient (Wildman–Crippen LogP) is 1.14. The average molecular weight is 303 g/mol. The first-order chi connectivity index (χ1) is 9.92. The van der Waals surface area contributed by atoms with Crippen LogP contribution in [0, 0.1) is 32.1 Å². The lowest BCUT2D eigenvalue weighted by atomic mass is 10.1. The summed E-state index contributed by atoms with van der Waals surface area (Å²) >= 11 is 1.25. The molecule has 0 unspecified atom stereocenters. The van der Waals surface area contributed by atoms with Gasteiger partial charge in [0.25, 0.3) is 5.56 Å². The summed E-state index contributed by atoms with van der Waals surface area (Å²) in [6, 6.07) is 3.58. The highest BCUT2D eigenvalue weighted by Crippen LogP contribution is 2.13. The molecule has 0 fully saturated rings. The smallest absolute Gasteiger partial charge is 0.269 e.